The third kappa shape index (κ3) is 3.40. The second-order valence-electron chi connectivity index (χ2n) is 8.29. The zero-order valence-corrected chi connectivity index (χ0v) is 17.2. The largest absolute Gasteiger partial charge is 0.441 e. The van der Waals surface area contributed by atoms with E-state index in [1.54, 1.807) is 23.1 Å². The molecule has 2 aliphatic rings. The van der Waals surface area contributed by atoms with Gasteiger partial charge >= 0.3 is 6.09 Å². The van der Waals surface area contributed by atoms with Gasteiger partial charge in [-0.1, -0.05) is 17.7 Å². The van der Waals surface area contributed by atoms with Gasteiger partial charge in [-0.25, -0.2) is 9.78 Å². The summed E-state index contributed by atoms with van der Waals surface area (Å²) in [6.45, 7) is 1.34. The molecular formula is C23H21ClN4O2. The van der Waals surface area contributed by atoms with Crippen molar-refractivity contribution in [1.29, 1.82) is 5.26 Å². The van der Waals surface area contributed by atoms with Crippen molar-refractivity contribution in [3.63, 3.8) is 0 Å². The number of imidazole rings is 1. The first-order chi connectivity index (χ1) is 14.5. The zero-order valence-electron chi connectivity index (χ0n) is 16.4. The molecule has 7 heteroatoms. The van der Waals surface area contributed by atoms with Crippen molar-refractivity contribution in [2.45, 2.75) is 37.8 Å². The lowest BCUT2D eigenvalue weighted by Gasteiger charge is -2.36. The van der Waals surface area contributed by atoms with Gasteiger partial charge in [-0.2, -0.15) is 5.26 Å². The van der Waals surface area contributed by atoms with E-state index in [2.05, 4.69) is 15.6 Å². The Labute approximate surface area is 179 Å². The van der Waals surface area contributed by atoms with Gasteiger partial charge in [-0.15, -0.1) is 0 Å². The maximum absolute atomic E-state index is 12.6. The minimum Gasteiger partial charge on any atom is -0.441 e. The number of fused-ring (bicyclic) bond motifs is 1. The lowest BCUT2D eigenvalue weighted by Crippen LogP contribution is -2.40. The molecule has 2 heterocycles. The molecule has 30 heavy (non-hydrogen) atoms. The number of amides is 1. The summed E-state index contributed by atoms with van der Waals surface area (Å²) in [7, 11) is 0. The average Bonchev–Trinajstić information content (AvgIpc) is 3.28. The van der Waals surface area contributed by atoms with E-state index >= 15 is 0 Å². The van der Waals surface area contributed by atoms with Gasteiger partial charge in [0.2, 0.25) is 0 Å². The van der Waals surface area contributed by atoms with Gasteiger partial charge < -0.3 is 9.30 Å². The molecule has 6 nitrogen and oxygen atoms in total. The zero-order chi connectivity index (χ0) is 20.7. The van der Waals surface area contributed by atoms with Crippen LogP contribution in [0.3, 0.4) is 0 Å². The fourth-order valence-corrected chi connectivity index (χ4v) is 5.04. The average molecular weight is 421 g/mol. The standard InChI is InChI=1S/C23H21ClN4O2/c24-18-4-1-5-19(10-18)28-14-23(30-22(28)29)8-2-3-17(11-23)13-27-15-26-20-7-6-16(12-25)9-21(20)27/h1,4-7,9-10,15,17H,2-3,8,11,13-14H2. The van der Waals surface area contributed by atoms with Crippen LogP contribution < -0.4 is 4.90 Å². The van der Waals surface area contributed by atoms with Gasteiger partial charge in [0.15, 0.2) is 0 Å². The maximum atomic E-state index is 12.6. The number of ether oxygens (including phenoxy) is 1. The third-order valence-electron chi connectivity index (χ3n) is 6.20. The first-order valence-corrected chi connectivity index (χ1v) is 10.5. The number of anilines is 1. The van der Waals surface area contributed by atoms with Gasteiger partial charge in [0.25, 0.3) is 0 Å². The third-order valence-corrected chi connectivity index (χ3v) is 6.44. The minimum atomic E-state index is -0.462. The van der Waals surface area contributed by atoms with Crippen molar-refractivity contribution in [3.05, 3.63) is 59.4 Å². The molecule has 2 unspecified atom stereocenters. The van der Waals surface area contributed by atoms with Gasteiger partial charge in [-0.05, 0) is 68.0 Å². The lowest BCUT2D eigenvalue weighted by molar-refractivity contribution is 0.00439. The van der Waals surface area contributed by atoms with Crippen LogP contribution >= 0.6 is 11.6 Å². The molecule has 1 amide bonds. The summed E-state index contributed by atoms with van der Waals surface area (Å²) >= 11 is 6.11. The van der Waals surface area contributed by atoms with Gasteiger partial charge in [0.1, 0.15) is 5.60 Å². The van der Waals surface area contributed by atoms with Crippen LogP contribution in [0.25, 0.3) is 11.0 Å². The van der Waals surface area contributed by atoms with E-state index in [0.717, 1.165) is 48.9 Å². The van der Waals surface area contributed by atoms with Crippen LogP contribution in [-0.2, 0) is 11.3 Å². The molecule has 1 aliphatic carbocycles. The number of hydrogen-bond donors (Lipinski definition) is 0. The SMILES string of the molecule is N#Cc1ccc2ncn(CC3CCCC4(C3)CN(c3cccc(Cl)c3)C(=O)O4)c2c1. The predicted molar refractivity (Wildman–Crippen MR) is 114 cm³/mol. The molecule has 3 aromatic rings. The van der Waals surface area contributed by atoms with E-state index in [0.29, 0.717) is 23.0 Å². The number of carbonyl (C=O) groups excluding carboxylic acids is 1. The normalized spacial score (nSPS) is 23.7. The highest BCUT2D eigenvalue weighted by Gasteiger charge is 2.48. The summed E-state index contributed by atoms with van der Waals surface area (Å²) in [6, 6.07) is 15.1. The number of halogens is 1. The van der Waals surface area contributed by atoms with Crippen molar-refractivity contribution in [1.82, 2.24) is 9.55 Å². The van der Waals surface area contributed by atoms with Crippen molar-refractivity contribution >= 4 is 34.4 Å². The van der Waals surface area contributed by atoms with Crippen LogP contribution in [-0.4, -0.2) is 27.8 Å². The van der Waals surface area contributed by atoms with E-state index in [4.69, 9.17) is 16.3 Å². The minimum absolute atomic E-state index is 0.301. The molecular weight excluding hydrogens is 400 g/mol. The van der Waals surface area contributed by atoms with Crippen molar-refractivity contribution in [3.8, 4) is 6.07 Å². The molecule has 2 atom stereocenters. The highest BCUT2D eigenvalue weighted by molar-refractivity contribution is 6.30. The molecule has 0 N–H and O–H groups in total. The fourth-order valence-electron chi connectivity index (χ4n) is 4.85. The summed E-state index contributed by atoms with van der Waals surface area (Å²) in [5.41, 5.74) is 2.80. The van der Waals surface area contributed by atoms with Crippen LogP contribution in [0.4, 0.5) is 10.5 Å². The van der Waals surface area contributed by atoms with E-state index in [9.17, 15) is 10.1 Å². The molecule has 1 saturated carbocycles. The topological polar surface area (TPSA) is 71.2 Å². The Hall–Kier alpha value is -3.04. The highest BCUT2D eigenvalue weighted by Crippen LogP contribution is 2.42. The Bertz CT molecular complexity index is 1170. The molecule has 2 aromatic carbocycles. The second-order valence-corrected chi connectivity index (χ2v) is 8.73. The van der Waals surface area contributed by atoms with Crippen LogP contribution in [0.1, 0.15) is 31.2 Å². The fraction of sp³-hybridized carbons (Fsp3) is 0.348. The molecule has 5 rings (SSSR count). The quantitative estimate of drug-likeness (QED) is 0.587. The van der Waals surface area contributed by atoms with Gasteiger partial charge in [-0.3, -0.25) is 4.90 Å². The van der Waals surface area contributed by atoms with Crippen LogP contribution in [0.2, 0.25) is 5.02 Å². The summed E-state index contributed by atoms with van der Waals surface area (Å²) in [5, 5.41) is 9.81. The molecule has 1 spiro atoms. The summed E-state index contributed by atoms with van der Waals surface area (Å²) in [4.78, 5) is 18.8. The Morgan fingerprint density at radius 2 is 2.20 bits per heavy atom. The number of carbonyl (C=O) groups is 1. The second kappa shape index (κ2) is 7.33. The molecule has 1 aliphatic heterocycles. The Morgan fingerprint density at radius 3 is 3.03 bits per heavy atom. The number of benzene rings is 2. The van der Waals surface area contributed by atoms with Crippen LogP contribution in [0.15, 0.2) is 48.8 Å². The first-order valence-electron chi connectivity index (χ1n) is 10.2. The Morgan fingerprint density at radius 1 is 1.30 bits per heavy atom. The maximum Gasteiger partial charge on any atom is 0.415 e. The molecule has 0 bridgehead atoms. The van der Waals surface area contributed by atoms with E-state index < -0.39 is 5.60 Å². The molecule has 0 radical (unpaired) electrons. The van der Waals surface area contributed by atoms with Crippen molar-refractivity contribution in [2.24, 2.45) is 5.92 Å². The monoisotopic (exact) mass is 420 g/mol. The van der Waals surface area contributed by atoms with Crippen molar-refractivity contribution < 1.29 is 9.53 Å². The Balaban J connectivity index is 1.35. The van der Waals surface area contributed by atoms with E-state index in [1.807, 2.05) is 30.6 Å². The van der Waals surface area contributed by atoms with E-state index in [1.165, 1.54) is 0 Å². The summed E-state index contributed by atoms with van der Waals surface area (Å²) in [5.74, 6) is 0.369. The highest BCUT2D eigenvalue weighted by atomic mass is 35.5. The molecule has 2 fully saturated rings. The smallest absolute Gasteiger partial charge is 0.415 e. The number of aromatic nitrogens is 2. The van der Waals surface area contributed by atoms with Gasteiger partial charge in [0, 0.05) is 17.3 Å². The molecule has 1 aromatic heterocycles. The van der Waals surface area contributed by atoms with Crippen LogP contribution in [0.5, 0.6) is 0 Å². The first kappa shape index (κ1) is 19.0. The van der Waals surface area contributed by atoms with Gasteiger partial charge in [0.05, 0.1) is 35.5 Å². The lowest BCUT2D eigenvalue weighted by atomic mass is 9.78. The molecule has 152 valence electrons. The number of nitrogens with zero attached hydrogens (tertiary/aromatic N) is 4. The summed E-state index contributed by atoms with van der Waals surface area (Å²) in [6.07, 6.45) is 5.31. The Kier molecular flexibility index (Phi) is 4.63. The predicted octanol–water partition coefficient (Wildman–Crippen LogP) is 5.15. The number of hydrogen-bond acceptors (Lipinski definition) is 4. The number of nitriles is 1. The summed E-state index contributed by atoms with van der Waals surface area (Å²) < 4.78 is 8.06. The van der Waals surface area contributed by atoms with E-state index in [-0.39, 0.29) is 6.09 Å². The molecule has 1 saturated heterocycles. The number of rotatable bonds is 3. The van der Waals surface area contributed by atoms with Crippen LogP contribution in [0, 0.1) is 17.2 Å². The van der Waals surface area contributed by atoms with Crippen molar-refractivity contribution in [2.75, 3.05) is 11.4 Å².